The molecule has 5 N–H and O–H groups in total. The van der Waals surface area contributed by atoms with Gasteiger partial charge in [0.25, 0.3) is 0 Å². The van der Waals surface area contributed by atoms with E-state index >= 15 is 0 Å². The smallest absolute Gasteiger partial charge is 0.236 e. The van der Waals surface area contributed by atoms with Crippen molar-refractivity contribution in [1.29, 1.82) is 0 Å². The Morgan fingerprint density at radius 3 is 2.39 bits per heavy atom. The highest BCUT2D eigenvalue weighted by molar-refractivity contribution is 5.81. The second-order valence-corrected chi connectivity index (χ2v) is 6.20. The van der Waals surface area contributed by atoms with Gasteiger partial charge >= 0.3 is 0 Å². The van der Waals surface area contributed by atoms with E-state index in [2.05, 4.69) is 26.1 Å². The van der Waals surface area contributed by atoms with Gasteiger partial charge in [0.15, 0.2) is 0 Å². The first-order valence-electron chi connectivity index (χ1n) is 7.10. The van der Waals surface area contributed by atoms with E-state index in [0.29, 0.717) is 12.0 Å². The summed E-state index contributed by atoms with van der Waals surface area (Å²) >= 11 is 0. The molecule has 0 heterocycles. The Kier molecular flexibility index (Phi) is 9.02. The second kappa shape index (κ2) is 9.34. The lowest BCUT2D eigenvalue weighted by molar-refractivity contribution is -0.122. The lowest BCUT2D eigenvalue weighted by Gasteiger charge is -2.18. The van der Waals surface area contributed by atoms with Crippen molar-refractivity contribution in [2.75, 3.05) is 13.1 Å². The van der Waals surface area contributed by atoms with E-state index in [1.807, 2.05) is 0 Å². The molecule has 0 aromatic heterocycles. The summed E-state index contributed by atoms with van der Waals surface area (Å²) in [5, 5.41) is 2.90. The minimum Gasteiger partial charge on any atom is -0.355 e. The molecular weight excluding hydrogens is 226 g/mol. The third kappa shape index (κ3) is 10.5. The van der Waals surface area contributed by atoms with Gasteiger partial charge in [-0.05, 0) is 37.6 Å². The van der Waals surface area contributed by atoms with E-state index in [0.717, 1.165) is 38.6 Å². The summed E-state index contributed by atoms with van der Waals surface area (Å²) in [4.78, 5) is 11.6. The van der Waals surface area contributed by atoms with Crippen LogP contribution in [0.1, 0.15) is 59.3 Å². The van der Waals surface area contributed by atoms with Crippen molar-refractivity contribution in [3.8, 4) is 0 Å². The zero-order valence-corrected chi connectivity index (χ0v) is 12.3. The molecule has 0 saturated heterocycles. The van der Waals surface area contributed by atoms with Crippen molar-refractivity contribution < 1.29 is 4.79 Å². The normalized spacial score (nSPS) is 13.4. The molecule has 4 nitrogen and oxygen atoms in total. The van der Waals surface area contributed by atoms with E-state index in [-0.39, 0.29) is 11.9 Å². The zero-order valence-electron chi connectivity index (χ0n) is 12.3. The number of carbonyl (C=O) groups excluding carboxylic acids is 1. The summed E-state index contributed by atoms with van der Waals surface area (Å²) in [7, 11) is 0. The Bertz CT molecular complexity index is 224. The molecule has 0 unspecified atom stereocenters. The molecule has 0 aromatic carbocycles. The van der Waals surface area contributed by atoms with Crippen LogP contribution < -0.4 is 16.8 Å². The monoisotopic (exact) mass is 257 g/mol. The molecule has 0 radical (unpaired) electrons. The molecule has 1 atom stereocenters. The first kappa shape index (κ1) is 17.4. The number of hydrogen-bond acceptors (Lipinski definition) is 3. The molecule has 0 saturated carbocycles. The van der Waals surface area contributed by atoms with Crippen molar-refractivity contribution in [2.45, 2.75) is 65.3 Å². The highest BCUT2D eigenvalue weighted by atomic mass is 16.2. The van der Waals surface area contributed by atoms with Crippen molar-refractivity contribution in [3.63, 3.8) is 0 Å². The van der Waals surface area contributed by atoms with Crippen LogP contribution >= 0.6 is 0 Å². The zero-order chi connectivity index (χ0) is 14.0. The minimum absolute atomic E-state index is 0.0252. The Morgan fingerprint density at radius 1 is 1.17 bits per heavy atom. The van der Waals surface area contributed by atoms with Crippen molar-refractivity contribution >= 4 is 5.91 Å². The van der Waals surface area contributed by atoms with Gasteiger partial charge in [0.2, 0.25) is 5.91 Å². The first-order valence-corrected chi connectivity index (χ1v) is 7.10. The number of nitrogens with two attached hydrogens (primary N) is 2. The summed E-state index contributed by atoms with van der Waals surface area (Å²) < 4.78 is 0. The van der Waals surface area contributed by atoms with Crippen LogP contribution in [0.3, 0.4) is 0 Å². The highest BCUT2D eigenvalue weighted by Crippen LogP contribution is 2.21. The van der Waals surface area contributed by atoms with Gasteiger partial charge in [0, 0.05) is 6.54 Å². The van der Waals surface area contributed by atoms with Gasteiger partial charge in [-0.15, -0.1) is 0 Å². The van der Waals surface area contributed by atoms with E-state index in [1.165, 1.54) is 6.42 Å². The predicted octanol–water partition coefficient (Wildman–Crippen LogP) is 1.78. The third-order valence-corrected chi connectivity index (χ3v) is 2.96. The van der Waals surface area contributed by atoms with Gasteiger partial charge in [-0.1, -0.05) is 33.6 Å². The van der Waals surface area contributed by atoms with Gasteiger partial charge in [-0.2, -0.15) is 0 Å². The number of unbranched alkanes of at least 4 members (excludes halogenated alkanes) is 2. The molecule has 4 heteroatoms. The summed E-state index contributed by atoms with van der Waals surface area (Å²) in [6.45, 7) is 8.11. The van der Waals surface area contributed by atoms with Crippen LogP contribution in [-0.4, -0.2) is 25.0 Å². The SMILES string of the molecule is CC(C)(C)CCCCNC(=O)[C@H](N)CCCCN. The highest BCUT2D eigenvalue weighted by Gasteiger charge is 2.12. The van der Waals surface area contributed by atoms with E-state index in [9.17, 15) is 4.79 Å². The van der Waals surface area contributed by atoms with E-state index < -0.39 is 0 Å². The van der Waals surface area contributed by atoms with Crippen LogP contribution in [0.4, 0.5) is 0 Å². The fourth-order valence-corrected chi connectivity index (χ4v) is 1.76. The van der Waals surface area contributed by atoms with Gasteiger partial charge in [0.05, 0.1) is 6.04 Å². The molecule has 18 heavy (non-hydrogen) atoms. The maximum absolute atomic E-state index is 11.6. The van der Waals surface area contributed by atoms with Gasteiger partial charge < -0.3 is 16.8 Å². The molecule has 108 valence electrons. The maximum Gasteiger partial charge on any atom is 0.236 e. The fourth-order valence-electron chi connectivity index (χ4n) is 1.76. The average molecular weight is 257 g/mol. The molecule has 1 amide bonds. The fraction of sp³-hybridized carbons (Fsp3) is 0.929. The number of nitrogens with one attached hydrogen (secondary N) is 1. The number of rotatable bonds is 9. The lowest BCUT2D eigenvalue weighted by atomic mass is 9.90. The Balaban J connectivity index is 3.52. The maximum atomic E-state index is 11.6. The Labute approximate surface area is 112 Å². The number of carbonyl (C=O) groups is 1. The van der Waals surface area contributed by atoms with Crippen LogP contribution in [-0.2, 0) is 4.79 Å². The molecule has 0 aliphatic heterocycles. The number of hydrogen-bond donors (Lipinski definition) is 3. The summed E-state index contributed by atoms with van der Waals surface area (Å²) in [5.41, 5.74) is 11.6. The van der Waals surface area contributed by atoms with Gasteiger partial charge in [0.1, 0.15) is 0 Å². The molecule has 0 bridgehead atoms. The topological polar surface area (TPSA) is 81.1 Å². The summed E-state index contributed by atoms with van der Waals surface area (Å²) in [6, 6.07) is -0.376. The van der Waals surface area contributed by atoms with Crippen molar-refractivity contribution in [1.82, 2.24) is 5.32 Å². The van der Waals surface area contributed by atoms with Crippen LogP contribution in [0.25, 0.3) is 0 Å². The molecule has 0 spiro atoms. The quantitative estimate of drug-likeness (QED) is 0.551. The van der Waals surface area contributed by atoms with E-state index in [1.54, 1.807) is 0 Å². The predicted molar refractivity (Wildman–Crippen MR) is 77.2 cm³/mol. The average Bonchev–Trinajstić information content (AvgIpc) is 2.27. The first-order chi connectivity index (χ1) is 8.37. The van der Waals surface area contributed by atoms with E-state index in [4.69, 9.17) is 11.5 Å². The molecular formula is C14H31N3O. The molecule has 0 aliphatic rings. The molecule has 0 aliphatic carbocycles. The Hall–Kier alpha value is -0.610. The largest absolute Gasteiger partial charge is 0.355 e. The third-order valence-electron chi connectivity index (χ3n) is 2.96. The number of amides is 1. The van der Waals surface area contributed by atoms with Gasteiger partial charge in [-0.3, -0.25) is 4.79 Å². The standard InChI is InChI=1S/C14H31N3O/c1-14(2,3)9-5-7-11-17-13(18)12(16)8-4-6-10-15/h12H,4-11,15-16H2,1-3H3,(H,17,18)/t12-/m1/s1. The molecule has 0 aromatic rings. The van der Waals surface area contributed by atoms with Crippen molar-refractivity contribution in [2.24, 2.45) is 16.9 Å². The van der Waals surface area contributed by atoms with Crippen LogP contribution in [0.5, 0.6) is 0 Å². The second-order valence-electron chi connectivity index (χ2n) is 6.20. The van der Waals surface area contributed by atoms with Crippen LogP contribution in [0.15, 0.2) is 0 Å². The van der Waals surface area contributed by atoms with Gasteiger partial charge in [-0.25, -0.2) is 0 Å². The van der Waals surface area contributed by atoms with Crippen molar-refractivity contribution in [3.05, 3.63) is 0 Å². The minimum atomic E-state index is -0.376. The lowest BCUT2D eigenvalue weighted by Crippen LogP contribution is -2.40. The molecule has 0 rings (SSSR count). The van der Waals surface area contributed by atoms with Crippen LogP contribution in [0, 0.1) is 5.41 Å². The molecule has 0 fully saturated rings. The van der Waals surface area contributed by atoms with Crippen LogP contribution in [0.2, 0.25) is 0 Å². The summed E-state index contributed by atoms with van der Waals surface area (Å²) in [5.74, 6) is -0.0252. The Morgan fingerprint density at radius 2 is 1.83 bits per heavy atom. The summed E-state index contributed by atoms with van der Waals surface area (Å²) in [6.07, 6.45) is 5.95.